The van der Waals surface area contributed by atoms with E-state index in [2.05, 4.69) is 9.88 Å². The first-order chi connectivity index (χ1) is 12.6. The average Bonchev–Trinajstić information content (AvgIpc) is 3.23. The van der Waals surface area contributed by atoms with E-state index in [1.807, 2.05) is 19.9 Å². The average molecular weight is 356 g/mol. The van der Waals surface area contributed by atoms with E-state index >= 15 is 0 Å². The Labute approximate surface area is 153 Å². The normalized spacial score (nSPS) is 14.4. The maximum atomic E-state index is 12.5. The molecule has 0 radical (unpaired) electrons. The molecule has 0 aromatic carbocycles. The molecule has 3 rings (SSSR count). The van der Waals surface area contributed by atoms with Gasteiger partial charge < -0.3 is 19.1 Å². The fourth-order valence-corrected chi connectivity index (χ4v) is 3.11. The van der Waals surface area contributed by atoms with Gasteiger partial charge in [-0.3, -0.25) is 9.59 Å². The number of carbonyl (C=O) groups is 2. The summed E-state index contributed by atoms with van der Waals surface area (Å²) in [6.07, 6.45) is 3.18. The molecule has 1 fully saturated rings. The number of hydrogen-bond acceptors (Lipinski definition) is 5. The van der Waals surface area contributed by atoms with Crippen LogP contribution in [0.2, 0.25) is 0 Å². The van der Waals surface area contributed by atoms with Crippen LogP contribution < -0.4 is 4.90 Å². The van der Waals surface area contributed by atoms with E-state index in [1.54, 1.807) is 34.2 Å². The van der Waals surface area contributed by atoms with Gasteiger partial charge in [0.25, 0.3) is 11.8 Å². The monoisotopic (exact) mass is 356 g/mol. The highest BCUT2D eigenvalue weighted by atomic mass is 16.3. The molecular weight excluding hydrogens is 332 g/mol. The molecule has 0 aliphatic carbocycles. The molecule has 0 bridgehead atoms. The maximum absolute atomic E-state index is 12.5. The molecule has 26 heavy (non-hydrogen) atoms. The second kappa shape index (κ2) is 8.03. The lowest BCUT2D eigenvalue weighted by atomic mass is 10.2. The summed E-state index contributed by atoms with van der Waals surface area (Å²) in [6.45, 7) is 7.83. The van der Waals surface area contributed by atoms with Crippen molar-refractivity contribution in [2.45, 2.75) is 13.8 Å². The van der Waals surface area contributed by atoms with Crippen molar-refractivity contribution in [1.29, 1.82) is 0 Å². The van der Waals surface area contributed by atoms with Crippen LogP contribution in [0, 0.1) is 0 Å². The van der Waals surface area contributed by atoms with Crippen LogP contribution in [0.4, 0.5) is 5.82 Å². The number of hydrogen-bond donors (Lipinski definition) is 0. The van der Waals surface area contributed by atoms with Crippen molar-refractivity contribution in [1.82, 2.24) is 14.8 Å². The molecule has 2 amide bonds. The SMILES string of the molecule is CCN(CC)C(=O)c1ccnc(N2CCN(C(=O)c3ccco3)CC2)c1. The highest BCUT2D eigenvalue weighted by molar-refractivity contribution is 5.95. The predicted octanol–water partition coefficient (Wildman–Crippen LogP) is 2.12. The fourth-order valence-electron chi connectivity index (χ4n) is 3.11. The van der Waals surface area contributed by atoms with Crippen LogP contribution >= 0.6 is 0 Å². The molecule has 0 N–H and O–H groups in total. The van der Waals surface area contributed by atoms with Crippen molar-refractivity contribution in [2.75, 3.05) is 44.2 Å². The topological polar surface area (TPSA) is 69.9 Å². The van der Waals surface area contributed by atoms with Gasteiger partial charge in [0.1, 0.15) is 5.82 Å². The molecule has 138 valence electrons. The van der Waals surface area contributed by atoms with E-state index in [4.69, 9.17) is 4.42 Å². The maximum Gasteiger partial charge on any atom is 0.289 e. The van der Waals surface area contributed by atoms with Gasteiger partial charge >= 0.3 is 0 Å². The van der Waals surface area contributed by atoms with Crippen molar-refractivity contribution in [3.8, 4) is 0 Å². The number of furan rings is 1. The first kappa shape index (κ1) is 18.0. The summed E-state index contributed by atoms with van der Waals surface area (Å²) >= 11 is 0. The minimum Gasteiger partial charge on any atom is -0.459 e. The molecule has 1 saturated heterocycles. The summed E-state index contributed by atoms with van der Waals surface area (Å²) in [6, 6.07) is 6.98. The predicted molar refractivity (Wildman–Crippen MR) is 98.3 cm³/mol. The number of nitrogens with zero attached hydrogens (tertiary/aromatic N) is 4. The summed E-state index contributed by atoms with van der Waals surface area (Å²) in [5, 5.41) is 0. The molecule has 2 aromatic heterocycles. The molecule has 7 nitrogen and oxygen atoms in total. The molecule has 1 aliphatic heterocycles. The lowest BCUT2D eigenvalue weighted by Gasteiger charge is -2.35. The Morgan fingerprint density at radius 3 is 2.50 bits per heavy atom. The molecule has 7 heteroatoms. The smallest absolute Gasteiger partial charge is 0.289 e. The molecule has 0 unspecified atom stereocenters. The quantitative estimate of drug-likeness (QED) is 0.821. The zero-order valence-electron chi connectivity index (χ0n) is 15.2. The van der Waals surface area contributed by atoms with Crippen LogP contribution in [-0.2, 0) is 0 Å². The van der Waals surface area contributed by atoms with Crippen LogP contribution in [0.1, 0.15) is 34.8 Å². The van der Waals surface area contributed by atoms with Crippen LogP contribution in [0.25, 0.3) is 0 Å². The Balaban J connectivity index is 1.65. The summed E-state index contributed by atoms with van der Waals surface area (Å²) in [7, 11) is 0. The van der Waals surface area contributed by atoms with Gasteiger partial charge in [0.15, 0.2) is 5.76 Å². The summed E-state index contributed by atoms with van der Waals surface area (Å²) in [5.74, 6) is 1.06. The minimum absolute atomic E-state index is 0.0188. The van der Waals surface area contributed by atoms with E-state index in [0.29, 0.717) is 50.6 Å². The number of carbonyl (C=O) groups excluding carboxylic acids is 2. The Bertz CT molecular complexity index is 748. The van der Waals surface area contributed by atoms with Crippen LogP contribution in [0.5, 0.6) is 0 Å². The molecule has 0 spiro atoms. The zero-order chi connectivity index (χ0) is 18.5. The number of piperazine rings is 1. The van der Waals surface area contributed by atoms with Crippen LogP contribution in [-0.4, -0.2) is 65.9 Å². The third-order valence-corrected chi connectivity index (χ3v) is 4.67. The van der Waals surface area contributed by atoms with Crippen molar-refractivity contribution in [3.63, 3.8) is 0 Å². The van der Waals surface area contributed by atoms with Crippen molar-refractivity contribution < 1.29 is 14.0 Å². The number of pyridine rings is 1. The van der Waals surface area contributed by atoms with Gasteiger partial charge in [0.05, 0.1) is 6.26 Å². The highest BCUT2D eigenvalue weighted by Gasteiger charge is 2.24. The lowest BCUT2D eigenvalue weighted by molar-refractivity contribution is 0.0714. The first-order valence-electron chi connectivity index (χ1n) is 8.97. The Hall–Kier alpha value is -2.83. The zero-order valence-corrected chi connectivity index (χ0v) is 15.2. The van der Waals surface area contributed by atoms with Gasteiger partial charge in [-0.05, 0) is 38.1 Å². The van der Waals surface area contributed by atoms with E-state index in [0.717, 1.165) is 5.82 Å². The number of anilines is 1. The van der Waals surface area contributed by atoms with Crippen LogP contribution in [0.15, 0.2) is 41.1 Å². The minimum atomic E-state index is -0.0897. The summed E-state index contributed by atoms with van der Waals surface area (Å²) in [5.41, 5.74) is 0.646. The van der Waals surface area contributed by atoms with Gasteiger partial charge in [-0.2, -0.15) is 0 Å². The Morgan fingerprint density at radius 2 is 1.88 bits per heavy atom. The largest absolute Gasteiger partial charge is 0.459 e. The van der Waals surface area contributed by atoms with Crippen molar-refractivity contribution in [2.24, 2.45) is 0 Å². The summed E-state index contributed by atoms with van der Waals surface area (Å²) in [4.78, 5) is 34.9. The van der Waals surface area contributed by atoms with E-state index in [1.165, 1.54) is 6.26 Å². The van der Waals surface area contributed by atoms with Gasteiger partial charge in [-0.1, -0.05) is 0 Å². The van der Waals surface area contributed by atoms with Crippen molar-refractivity contribution >= 4 is 17.6 Å². The second-order valence-corrected chi connectivity index (χ2v) is 6.14. The first-order valence-corrected chi connectivity index (χ1v) is 8.97. The van der Waals surface area contributed by atoms with Gasteiger partial charge in [0, 0.05) is 51.0 Å². The third-order valence-electron chi connectivity index (χ3n) is 4.67. The van der Waals surface area contributed by atoms with E-state index in [-0.39, 0.29) is 11.8 Å². The van der Waals surface area contributed by atoms with Gasteiger partial charge in [-0.15, -0.1) is 0 Å². The molecule has 1 aliphatic rings. The molecular formula is C19H24N4O3. The van der Waals surface area contributed by atoms with E-state index < -0.39 is 0 Å². The Kier molecular flexibility index (Phi) is 5.55. The van der Waals surface area contributed by atoms with Gasteiger partial charge in [-0.25, -0.2) is 4.98 Å². The van der Waals surface area contributed by atoms with Crippen LogP contribution in [0.3, 0.4) is 0 Å². The Morgan fingerprint density at radius 1 is 1.15 bits per heavy atom. The fraction of sp³-hybridized carbons (Fsp3) is 0.421. The third kappa shape index (κ3) is 3.71. The van der Waals surface area contributed by atoms with E-state index in [9.17, 15) is 9.59 Å². The number of aromatic nitrogens is 1. The molecule has 2 aromatic rings. The molecule has 3 heterocycles. The highest BCUT2D eigenvalue weighted by Crippen LogP contribution is 2.17. The number of rotatable bonds is 5. The standard InChI is InChI=1S/C19H24N4O3/c1-3-21(4-2)18(24)15-7-8-20-17(14-15)22-9-11-23(12-10-22)19(25)16-6-5-13-26-16/h5-8,13-14H,3-4,9-12H2,1-2H3. The number of amides is 2. The van der Waals surface area contributed by atoms with Gasteiger partial charge in [0.2, 0.25) is 0 Å². The second-order valence-electron chi connectivity index (χ2n) is 6.14. The lowest BCUT2D eigenvalue weighted by Crippen LogP contribution is -2.49. The molecule has 0 atom stereocenters. The van der Waals surface area contributed by atoms with Crippen molar-refractivity contribution in [3.05, 3.63) is 48.0 Å². The molecule has 0 saturated carbocycles. The summed E-state index contributed by atoms with van der Waals surface area (Å²) < 4.78 is 5.19.